The summed E-state index contributed by atoms with van der Waals surface area (Å²) in [5.74, 6) is 1.39. The molecule has 2 unspecified atom stereocenters. The lowest BCUT2D eigenvalue weighted by Crippen LogP contribution is -1.83. The van der Waals surface area contributed by atoms with Crippen molar-refractivity contribution in [1.29, 1.82) is 0 Å². The summed E-state index contributed by atoms with van der Waals surface area (Å²) in [5.41, 5.74) is 0. The van der Waals surface area contributed by atoms with Gasteiger partial charge in [0.15, 0.2) is 0 Å². The molecule has 0 aromatic rings. The van der Waals surface area contributed by atoms with Crippen molar-refractivity contribution in [3.8, 4) is 0 Å². The van der Waals surface area contributed by atoms with Crippen molar-refractivity contribution in [3.05, 3.63) is 0 Å². The maximum Gasteiger partial charge on any atom is 0.00401 e. The van der Waals surface area contributed by atoms with Crippen LogP contribution in [0.4, 0.5) is 0 Å². The van der Waals surface area contributed by atoms with Crippen LogP contribution in [0.25, 0.3) is 0 Å². The summed E-state index contributed by atoms with van der Waals surface area (Å²) in [7, 11) is 6.69. The first-order valence-electron chi connectivity index (χ1n) is 7.26. The molecule has 0 radical (unpaired) electrons. The van der Waals surface area contributed by atoms with Gasteiger partial charge in [-0.25, -0.2) is 0 Å². The van der Waals surface area contributed by atoms with Gasteiger partial charge in [-0.2, -0.15) is 0 Å². The molecule has 0 N–H and O–H groups in total. The van der Waals surface area contributed by atoms with Crippen LogP contribution in [0.5, 0.6) is 0 Å². The van der Waals surface area contributed by atoms with E-state index in [0.29, 0.717) is 0 Å². The molecule has 1 aliphatic rings. The van der Waals surface area contributed by atoms with Gasteiger partial charge in [-0.3, -0.25) is 0 Å². The third-order valence-corrected chi connectivity index (χ3v) is 12.3. The van der Waals surface area contributed by atoms with Crippen molar-refractivity contribution >= 4 is 36.9 Å². The van der Waals surface area contributed by atoms with E-state index in [-0.39, 0.29) is 0 Å². The first-order valence-corrected chi connectivity index (χ1v) is 13.5. The fraction of sp³-hybridized carbons (Fsp3) is 1.00. The molecule has 0 aromatic carbocycles. The molecule has 1 saturated heterocycles. The minimum absolute atomic E-state index is 1.18. The summed E-state index contributed by atoms with van der Waals surface area (Å²) < 4.78 is 0. The Balaban J connectivity index is 2.01. The maximum absolute atomic E-state index is 2.15. The predicted molar refractivity (Wildman–Crippen MR) is 92.3 cm³/mol. The van der Waals surface area contributed by atoms with E-state index in [4.69, 9.17) is 0 Å². The van der Waals surface area contributed by atoms with Gasteiger partial charge in [-0.15, -0.1) is 0 Å². The summed E-state index contributed by atoms with van der Waals surface area (Å²) in [5, 5.41) is 0. The fourth-order valence-electron chi connectivity index (χ4n) is 2.12. The molecule has 17 heavy (non-hydrogen) atoms. The normalized spacial score (nSPS) is 26.8. The molecule has 1 heterocycles. The van der Waals surface area contributed by atoms with E-state index in [9.17, 15) is 0 Å². The van der Waals surface area contributed by atoms with Gasteiger partial charge in [0.1, 0.15) is 0 Å². The first-order chi connectivity index (χ1) is 8.50. The zero-order valence-electron chi connectivity index (χ0n) is 11.0. The highest BCUT2D eigenvalue weighted by Gasteiger charge is 1.96. The standard InChI is InChI=1S/C13H28P2S2/c1-2-4-6-8-10-12-14-15-17-16-13-11-9-7-5-3-1/h14-15H,1-13H2. The van der Waals surface area contributed by atoms with Gasteiger partial charge in [0.05, 0.1) is 0 Å². The number of hydrogen-bond acceptors (Lipinski definition) is 2. The number of rotatable bonds is 0. The Bertz CT molecular complexity index is 86.9. The van der Waals surface area contributed by atoms with Gasteiger partial charge in [-0.05, 0) is 26.5 Å². The van der Waals surface area contributed by atoms with Crippen molar-refractivity contribution in [1.82, 2.24) is 0 Å². The zero-order valence-corrected chi connectivity index (χ0v) is 14.6. The van der Waals surface area contributed by atoms with Crippen LogP contribution in [0, 0.1) is 0 Å². The highest BCUT2D eigenvalue weighted by atomic mass is 33.4. The van der Waals surface area contributed by atoms with E-state index in [1.807, 2.05) is 0 Å². The van der Waals surface area contributed by atoms with E-state index in [1.165, 1.54) is 98.3 Å². The fourth-order valence-corrected chi connectivity index (χ4v) is 10.9. The van der Waals surface area contributed by atoms with Crippen molar-refractivity contribution < 1.29 is 0 Å². The molecule has 0 aromatic heterocycles. The van der Waals surface area contributed by atoms with E-state index >= 15 is 0 Å². The smallest absolute Gasteiger partial charge is 0.00401 e. The van der Waals surface area contributed by atoms with E-state index in [0.717, 1.165) is 0 Å². The van der Waals surface area contributed by atoms with Gasteiger partial charge in [-0.1, -0.05) is 87.3 Å². The Kier molecular flexibility index (Phi) is 13.7. The largest absolute Gasteiger partial charge is 0.0895 e. The Morgan fingerprint density at radius 1 is 0.588 bits per heavy atom. The molecule has 0 aliphatic carbocycles. The molecule has 2 atom stereocenters. The lowest BCUT2D eigenvalue weighted by Gasteiger charge is -2.02. The summed E-state index contributed by atoms with van der Waals surface area (Å²) in [4.78, 5) is 0. The zero-order chi connectivity index (χ0) is 12.0. The van der Waals surface area contributed by atoms with Crippen LogP contribution in [0.3, 0.4) is 0 Å². The Labute approximate surface area is 119 Å². The van der Waals surface area contributed by atoms with Crippen molar-refractivity contribution in [2.24, 2.45) is 0 Å². The third-order valence-electron chi connectivity index (χ3n) is 3.20. The van der Waals surface area contributed by atoms with Crippen LogP contribution in [-0.4, -0.2) is 11.9 Å². The summed E-state index contributed by atoms with van der Waals surface area (Å²) in [6.45, 7) is 0. The second-order valence-electron chi connectivity index (χ2n) is 4.82. The molecule has 1 fully saturated rings. The van der Waals surface area contributed by atoms with Crippen LogP contribution < -0.4 is 0 Å². The van der Waals surface area contributed by atoms with Gasteiger partial charge in [0, 0.05) is 5.75 Å². The van der Waals surface area contributed by atoms with Crippen molar-refractivity contribution in [2.75, 3.05) is 11.9 Å². The van der Waals surface area contributed by atoms with E-state index < -0.39 is 0 Å². The van der Waals surface area contributed by atoms with Gasteiger partial charge in [0.2, 0.25) is 0 Å². The second-order valence-corrected chi connectivity index (χ2v) is 12.9. The third kappa shape index (κ3) is 12.3. The topological polar surface area (TPSA) is 0 Å². The second kappa shape index (κ2) is 14.0. The minimum atomic E-state index is 1.18. The molecular weight excluding hydrogens is 282 g/mol. The lowest BCUT2D eigenvalue weighted by molar-refractivity contribution is 0.555. The Morgan fingerprint density at radius 3 is 1.76 bits per heavy atom. The van der Waals surface area contributed by atoms with E-state index in [2.05, 4.69) is 21.2 Å². The van der Waals surface area contributed by atoms with Gasteiger partial charge in [0.25, 0.3) is 0 Å². The lowest BCUT2D eigenvalue weighted by atomic mass is 10.1. The highest BCUT2D eigenvalue weighted by molar-refractivity contribution is 9.02. The monoisotopic (exact) mass is 310 g/mol. The molecule has 1 aliphatic heterocycles. The maximum atomic E-state index is 2.15. The molecule has 0 nitrogen and oxygen atoms in total. The Hall–Kier alpha value is 1.56. The van der Waals surface area contributed by atoms with Crippen LogP contribution >= 0.6 is 36.9 Å². The van der Waals surface area contributed by atoms with Gasteiger partial charge >= 0.3 is 0 Å². The average molecular weight is 310 g/mol. The average Bonchev–Trinajstić information content (AvgIpc) is 2.35. The van der Waals surface area contributed by atoms with Crippen molar-refractivity contribution in [2.45, 2.75) is 70.6 Å². The van der Waals surface area contributed by atoms with Crippen LogP contribution in [0.2, 0.25) is 0 Å². The first kappa shape index (κ1) is 16.6. The quantitative estimate of drug-likeness (QED) is 0.354. The van der Waals surface area contributed by atoms with Gasteiger partial charge < -0.3 is 0 Å². The van der Waals surface area contributed by atoms with Crippen LogP contribution in [-0.2, 0) is 0 Å². The number of hydrogen-bond donors (Lipinski definition) is 0. The summed E-state index contributed by atoms with van der Waals surface area (Å²) in [6.07, 6.45) is 17.9. The molecular formula is C13H28P2S2. The molecule has 102 valence electrons. The molecule has 0 spiro atoms. The molecule has 4 heteroatoms. The summed E-state index contributed by atoms with van der Waals surface area (Å²) in [6, 6.07) is 0. The van der Waals surface area contributed by atoms with Crippen LogP contribution in [0.1, 0.15) is 70.6 Å². The predicted octanol–water partition coefficient (Wildman–Crippen LogP) is 6.86. The molecule has 0 amide bonds. The van der Waals surface area contributed by atoms with Crippen molar-refractivity contribution in [3.63, 3.8) is 0 Å². The SMILES string of the molecule is C1CCCCCCPPSSCCCCCC1. The minimum Gasteiger partial charge on any atom is -0.0895 e. The Morgan fingerprint density at radius 2 is 1.12 bits per heavy atom. The molecule has 0 saturated carbocycles. The van der Waals surface area contributed by atoms with Crippen LogP contribution in [0.15, 0.2) is 0 Å². The summed E-state index contributed by atoms with van der Waals surface area (Å²) >= 11 is 0. The van der Waals surface area contributed by atoms with E-state index in [1.54, 1.807) is 0 Å². The highest BCUT2D eigenvalue weighted by Crippen LogP contribution is 2.54. The molecule has 0 bridgehead atoms. The molecule has 1 rings (SSSR count).